The lowest BCUT2D eigenvalue weighted by Gasteiger charge is -2.35. The molecule has 5 nitrogen and oxygen atoms in total. The summed E-state index contributed by atoms with van der Waals surface area (Å²) in [5.41, 5.74) is 5.59. The van der Waals surface area contributed by atoms with Crippen molar-refractivity contribution in [3.8, 4) is 0 Å². The van der Waals surface area contributed by atoms with Gasteiger partial charge in [0.05, 0.1) is 6.04 Å². The van der Waals surface area contributed by atoms with Gasteiger partial charge in [0.2, 0.25) is 5.91 Å². The molecule has 94 valence electrons. The Balaban J connectivity index is 2.26. The highest BCUT2D eigenvalue weighted by Crippen LogP contribution is 2.03. The van der Waals surface area contributed by atoms with Crippen LogP contribution in [0.15, 0.2) is 0 Å². The van der Waals surface area contributed by atoms with Gasteiger partial charge in [0.25, 0.3) is 0 Å². The van der Waals surface area contributed by atoms with E-state index in [0.717, 1.165) is 39.3 Å². The Hall–Kier alpha value is -0.650. The first-order chi connectivity index (χ1) is 7.50. The molecule has 1 aliphatic rings. The zero-order valence-corrected chi connectivity index (χ0v) is 10.6. The molecule has 2 N–H and O–H groups in total. The highest BCUT2D eigenvalue weighted by molar-refractivity contribution is 5.81. The molecular formula is C11H24N4O. The fraction of sp³-hybridized carbons (Fsp3) is 0.909. The zero-order valence-electron chi connectivity index (χ0n) is 10.6. The minimum Gasteiger partial charge on any atom is -0.339 e. The van der Waals surface area contributed by atoms with E-state index in [1.807, 2.05) is 4.90 Å². The summed E-state index contributed by atoms with van der Waals surface area (Å²) in [6.45, 7) is 7.45. The summed E-state index contributed by atoms with van der Waals surface area (Å²) < 4.78 is 0. The van der Waals surface area contributed by atoms with Gasteiger partial charge in [-0.15, -0.1) is 0 Å². The lowest BCUT2D eigenvalue weighted by atomic mass is 10.2. The van der Waals surface area contributed by atoms with Crippen LogP contribution in [0.2, 0.25) is 0 Å². The summed E-state index contributed by atoms with van der Waals surface area (Å²) >= 11 is 0. The number of nitrogens with zero attached hydrogens (tertiary/aromatic N) is 3. The van der Waals surface area contributed by atoms with E-state index < -0.39 is 0 Å². The fourth-order valence-electron chi connectivity index (χ4n) is 1.82. The van der Waals surface area contributed by atoms with Gasteiger partial charge in [-0.05, 0) is 21.0 Å². The molecule has 1 amide bonds. The van der Waals surface area contributed by atoms with Crippen molar-refractivity contribution in [3.05, 3.63) is 0 Å². The highest BCUT2D eigenvalue weighted by atomic mass is 16.2. The van der Waals surface area contributed by atoms with Crippen LogP contribution in [0.25, 0.3) is 0 Å². The molecule has 0 aromatic heterocycles. The Kier molecular flexibility index (Phi) is 5.18. The topological polar surface area (TPSA) is 52.8 Å². The van der Waals surface area contributed by atoms with Crippen LogP contribution in [0.4, 0.5) is 0 Å². The molecule has 0 unspecified atom stereocenters. The van der Waals surface area contributed by atoms with Crippen molar-refractivity contribution >= 4 is 5.91 Å². The Morgan fingerprint density at radius 1 is 1.31 bits per heavy atom. The van der Waals surface area contributed by atoms with Gasteiger partial charge in [-0.3, -0.25) is 9.69 Å². The van der Waals surface area contributed by atoms with Crippen molar-refractivity contribution in [2.45, 2.75) is 13.0 Å². The molecule has 1 atom stereocenters. The molecule has 1 fully saturated rings. The fourth-order valence-corrected chi connectivity index (χ4v) is 1.82. The molecule has 0 aliphatic carbocycles. The number of carbonyl (C=O) groups excluding carboxylic acids is 1. The van der Waals surface area contributed by atoms with Crippen LogP contribution in [0.3, 0.4) is 0 Å². The lowest BCUT2D eigenvalue weighted by molar-refractivity contribution is -0.133. The quantitative estimate of drug-likeness (QED) is 0.673. The molecule has 1 heterocycles. The molecule has 1 rings (SSSR count). The minimum absolute atomic E-state index is 0.0762. The van der Waals surface area contributed by atoms with Crippen molar-refractivity contribution in [1.82, 2.24) is 14.7 Å². The second-order valence-electron chi connectivity index (χ2n) is 4.76. The number of nitrogens with two attached hydrogens (primary N) is 1. The van der Waals surface area contributed by atoms with E-state index in [1.165, 1.54) is 0 Å². The van der Waals surface area contributed by atoms with Crippen LogP contribution in [0.5, 0.6) is 0 Å². The van der Waals surface area contributed by atoms with Crippen molar-refractivity contribution in [1.29, 1.82) is 0 Å². The molecule has 1 saturated heterocycles. The minimum atomic E-state index is -0.367. The van der Waals surface area contributed by atoms with Gasteiger partial charge in [-0.2, -0.15) is 0 Å². The molecule has 0 spiro atoms. The Labute approximate surface area is 98.2 Å². The molecule has 0 saturated carbocycles. The molecule has 16 heavy (non-hydrogen) atoms. The largest absolute Gasteiger partial charge is 0.339 e. The van der Waals surface area contributed by atoms with E-state index in [9.17, 15) is 4.79 Å². The van der Waals surface area contributed by atoms with E-state index in [-0.39, 0.29) is 11.9 Å². The first-order valence-electron chi connectivity index (χ1n) is 5.92. The number of piperazine rings is 1. The van der Waals surface area contributed by atoms with Gasteiger partial charge in [-0.1, -0.05) is 0 Å². The van der Waals surface area contributed by atoms with Gasteiger partial charge in [-0.25, -0.2) is 0 Å². The second-order valence-corrected chi connectivity index (χ2v) is 4.76. The van der Waals surface area contributed by atoms with Crippen molar-refractivity contribution in [2.75, 3.05) is 53.4 Å². The summed E-state index contributed by atoms with van der Waals surface area (Å²) in [5, 5.41) is 0. The monoisotopic (exact) mass is 228 g/mol. The van der Waals surface area contributed by atoms with E-state index in [0.29, 0.717) is 0 Å². The number of hydrogen-bond donors (Lipinski definition) is 1. The molecule has 0 bridgehead atoms. The van der Waals surface area contributed by atoms with Gasteiger partial charge in [0, 0.05) is 39.3 Å². The number of likely N-dealkylation sites (N-methyl/N-ethyl adjacent to an activating group) is 1. The van der Waals surface area contributed by atoms with Gasteiger partial charge >= 0.3 is 0 Å². The predicted octanol–water partition coefficient (Wildman–Crippen LogP) is -0.961. The molecule has 0 aromatic carbocycles. The maximum atomic E-state index is 11.6. The standard InChI is InChI=1S/C11H24N4O/c1-10(12)11(16)15-8-6-14(7-9-15)5-4-13(2)3/h10H,4-9,12H2,1-3H3/t10-/m0/s1. The summed E-state index contributed by atoms with van der Waals surface area (Å²) in [6.07, 6.45) is 0. The van der Waals surface area contributed by atoms with Crippen LogP contribution in [0, 0.1) is 0 Å². The zero-order chi connectivity index (χ0) is 12.1. The highest BCUT2D eigenvalue weighted by Gasteiger charge is 2.22. The second kappa shape index (κ2) is 6.18. The average molecular weight is 228 g/mol. The summed E-state index contributed by atoms with van der Waals surface area (Å²) in [7, 11) is 4.16. The number of amides is 1. The smallest absolute Gasteiger partial charge is 0.239 e. The van der Waals surface area contributed by atoms with Crippen molar-refractivity contribution in [2.24, 2.45) is 5.73 Å². The molecule has 0 radical (unpaired) electrons. The van der Waals surface area contributed by atoms with E-state index >= 15 is 0 Å². The number of hydrogen-bond acceptors (Lipinski definition) is 4. The van der Waals surface area contributed by atoms with Crippen LogP contribution in [0.1, 0.15) is 6.92 Å². The van der Waals surface area contributed by atoms with Crippen molar-refractivity contribution in [3.63, 3.8) is 0 Å². The Bertz CT molecular complexity index is 222. The van der Waals surface area contributed by atoms with Gasteiger partial charge < -0.3 is 15.5 Å². The SMILES string of the molecule is C[C@H](N)C(=O)N1CCN(CCN(C)C)CC1. The molecule has 0 aromatic rings. The van der Waals surface area contributed by atoms with Crippen LogP contribution < -0.4 is 5.73 Å². The third-order valence-electron chi connectivity index (χ3n) is 2.94. The van der Waals surface area contributed by atoms with E-state index in [4.69, 9.17) is 5.73 Å². The Morgan fingerprint density at radius 2 is 1.88 bits per heavy atom. The van der Waals surface area contributed by atoms with E-state index in [2.05, 4.69) is 23.9 Å². The molecule has 5 heteroatoms. The first-order valence-corrected chi connectivity index (χ1v) is 5.92. The number of rotatable bonds is 4. The van der Waals surface area contributed by atoms with Crippen LogP contribution in [-0.4, -0.2) is 80.0 Å². The van der Waals surface area contributed by atoms with Crippen LogP contribution >= 0.6 is 0 Å². The van der Waals surface area contributed by atoms with Crippen molar-refractivity contribution < 1.29 is 4.79 Å². The Morgan fingerprint density at radius 3 is 2.31 bits per heavy atom. The normalized spacial score (nSPS) is 20.2. The van der Waals surface area contributed by atoms with Gasteiger partial charge in [0.15, 0.2) is 0 Å². The van der Waals surface area contributed by atoms with Gasteiger partial charge in [0.1, 0.15) is 0 Å². The number of carbonyl (C=O) groups is 1. The molecular weight excluding hydrogens is 204 g/mol. The van der Waals surface area contributed by atoms with Crippen LogP contribution in [-0.2, 0) is 4.79 Å². The maximum Gasteiger partial charge on any atom is 0.239 e. The van der Waals surface area contributed by atoms with E-state index in [1.54, 1.807) is 6.92 Å². The third-order valence-corrected chi connectivity index (χ3v) is 2.94. The predicted molar refractivity (Wildman–Crippen MR) is 65.2 cm³/mol. The molecule has 1 aliphatic heterocycles. The first kappa shape index (κ1) is 13.4. The third kappa shape index (κ3) is 4.08. The maximum absolute atomic E-state index is 11.6. The average Bonchev–Trinajstić information content (AvgIpc) is 2.26. The summed E-state index contributed by atoms with van der Waals surface area (Å²) in [6, 6.07) is -0.367. The lowest BCUT2D eigenvalue weighted by Crippen LogP contribution is -2.53. The summed E-state index contributed by atoms with van der Waals surface area (Å²) in [4.78, 5) is 18.1. The summed E-state index contributed by atoms with van der Waals surface area (Å²) in [5.74, 6) is 0.0762.